The van der Waals surface area contributed by atoms with Gasteiger partial charge in [-0.25, -0.2) is 4.98 Å². The minimum absolute atomic E-state index is 0.680. The second-order valence-electron chi connectivity index (χ2n) is 5.73. The number of imidazole rings is 1. The van der Waals surface area contributed by atoms with E-state index in [0.29, 0.717) is 5.92 Å². The first-order valence-corrected chi connectivity index (χ1v) is 7.54. The van der Waals surface area contributed by atoms with Crippen molar-refractivity contribution in [3.8, 4) is 5.75 Å². The first-order valence-electron chi connectivity index (χ1n) is 7.54. The fourth-order valence-corrected chi connectivity index (χ4v) is 2.00. The molecule has 4 nitrogen and oxygen atoms in total. The minimum Gasteiger partial charge on any atom is -0.494 e. The standard InChI is InChI=1S/C17H25N3O/c1-14(2)8-11-21-16-6-4-15(5-7-16)12-18-13-17-19-9-10-20(17)3/h4-7,9-10,14,18H,8,11-13H2,1-3H3. The van der Waals surface area contributed by atoms with E-state index in [1.807, 2.05) is 36.1 Å². The molecule has 2 aromatic rings. The number of aromatic nitrogens is 2. The van der Waals surface area contributed by atoms with Crippen molar-refractivity contribution in [1.29, 1.82) is 0 Å². The molecule has 1 aromatic carbocycles. The van der Waals surface area contributed by atoms with Crippen LogP contribution in [0.1, 0.15) is 31.7 Å². The van der Waals surface area contributed by atoms with Gasteiger partial charge in [-0.05, 0) is 30.0 Å². The number of ether oxygens (including phenoxy) is 1. The number of hydrogen-bond donors (Lipinski definition) is 1. The van der Waals surface area contributed by atoms with Gasteiger partial charge in [0.25, 0.3) is 0 Å². The van der Waals surface area contributed by atoms with Crippen molar-refractivity contribution in [2.75, 3.05) is 6.61 Å². The lowest BCUT2D eigenvalue weighted by molar-refractivity contribution is 0.289. The summed E-state index contributed by atoms with van der Waals surface area (Å²) in [6.07, 6.45) is 4.87. The topological polar surface area (TPSA) is 39.1 Å². The van der Waals surface area contributed by atoms with Gasteiger partial charge < -0.3 is 14.6 Å². The van der Waals surface area contributed by atoms with Gasteiger partial charge in [-0.1, -0.05) is 26.0 Å². The molecule has 0 saturated carbocycles. The summed E-state index contributed by atoms with van der Waals surface area (Å²) in [4.78, 5) is 4.29. The van der Waals surface area contributed by atoms with Crippen LogP contribution in [0.25, 0.3) is 0 Å². The molecule has 114 valence electrons. The molecule has 0 unspecified atom stereocenters. The highest BCUT2D eigenvalue weighted by molar-refractivity contribution is 5.27. The van der Waals surface area contributed by atoms with Crippen LogP contribution in [-0.4, -0.2) is 16.2 Å². The third kappa shape index (κ3) is 5.23. The summed E-state index contributed by atoms with van der Waals surface area (Å²) in [5, 5.41) is 3.40. The quantitative estimate of drug-likeness (QED) is 0.810. The van der Waals surface area contributed by atoms with E-state index in [-0.39, 0.29) is 0 Å². The number of nitrogens with one attached hydrogen (secondary N) is 1. The Morgan fingerprint density at radius 3 is 2.57 bits per heavy atom. The highest BCUT2D eigenvalue weighted by atomic mass is 16.5. The van der Waals surface area contributed by atoms with E-state index < -0.39 is 0 Å². The average molecular weight is 287 g/mol. The van der Waals surface area contributed by atoms with E-state index in [1.165, 1.54) is 5.56 Å². The molecule has 0 spiro atoms. The van der Waals surface area contributed by atoms with Crippen LogP contribution in [0.15, 0.2) is 36.7 Å². The second kappa shape index (κ2) is 7.84. The minimum atomic E-state index is 0.680. The van der Waals surface area contributed by atoms with Crippen LogP contribution in [0.5, 0.6) is 5.75 Å². The van der Waals surface area contributed by atoms with Crippen LogP contribution in [-0.2, 0) is 20.1 Å². The molecule has 0 aliphatic heterocycles. The molecule has 1 heterocycles. The predicted molar refractivity (Wildman–Crippen MR) is 85.1 cm³/mol. The zero-order chi connectivity index (χ0) is 15.1. The summed E-state index contributed by atoms with van der Waals surface area (Å²) in [6.45, 7) is 6.81. The van der Waals surface area contributed by atoms with Crippen LogP contribution in [0.3, 0.4) is 0 Å². The van der Waals surface area contributed by atoms with Gasteiger partial charge in [0.15, 0.2) is 0 Å². The maximum absolute atomic E-state index is 5.72. The lowest BCUT2D eigenvalue weighted by Crippen LogP contribution is -2.15. The van der Waals surface area contributed by atoms with Crippen molar-refractivity contribution in [3.05, 3.63) is 48.0 Å². The highest BCUT2D eigenvalue weighted by Crippen LogP contribution is 2.13. The normalized spacial score (nSPS) is 11.0. The predicted octanol–water partition coefficient (Wildman–Crippen LogP) is 3.13. The molecule has 0 bridgehead atoms. The number of nitrogens with zero attached hydrogens (tertiary/aromatic N) is 2. The van der Waals surface area contributed by atoms with Crippen LogP contribution in [0.4, 0.5) is 0 Å². The summed E-state index contributed by atoms with van der Waals surface area (Å²) in [7, 11) is 2.01. The van der Waals surface area contributed by atoms with Gasteiger partial charge >= 0.3 is 0 Å². The Balaban J connectivity index is 1.73. The Bertz CT molecular complexity index is 531. The number of aryl methyl sites for hydroxylation is 1. The SMILES string of the molecule is CC(C)CCOc1ccc(CNCc2nccn2C)cc1. The summed E-state index contributed by atoms with van der Waals surface area (Å²) >= 11 is 0. The molecule has 1 aromatic heterocycles. The fourth-order valence-electron chi connectivity index (χ4n) is 2.00. The zero-order valence-electron chi connectivity index (χ0n) is 13.2. The lowest BCUT2D eigenvalue weighted by atomic mass is 10.1. The molecule has 0 fully saturated rings. The highest BCUT2D eigenvalue weighted by Gasteiger charge is 2.00. The number of hydrogen-bond acceptors (Lipinski definition) is 3. The molecule has 1 N–H and O–H groups in total. The molecule has 0 radical (unpaired) electrons. The molecule has 0 aliphatic carbocycles. The van der Waals surface area contributed by atoms with Crippen molar-refractivity contribution >= 4 is 0 Å². The van der Waals surface area contributed by atoms with Gasteiger partial charge in [0.2, 0.25) is 0 Å². The van der Waals surface area contributed by atoms with Crippen molar-refractivity contribution in [3.63, 3.8) is 0 Å². The lowest BCUT2D eigenvalue weighted by Gasteiger charge is -2.09. The third-order valence-corrected chi connectivity index (χ3v) is 3.42. The molecule has 0 amide bonds. The maximum atomic E-state index is 5.72. The van der Waals surface area contributed by atoms with Crippen LogP contribution in [0, 0.1) is 5.92 Å². The number of benzene rings is 1. The zero-order valence-corrected chi connectivity index (χ0v) is 13.2. The van der Waals surface area contributed by atoms with Crippen LogP contribution in [0.2, 0.25) is 0 Å². The van der Waals surface area contributed by atoms with Gasteiger partial charge in [-0.3, -0.25) is 0 Å². The van der Waals surface area contributed by atoms with E-state index in [9.17, 15) is 0 Å². The molecular weight excluding hydrogens is 262 g/mol. The van der Waals surface area contributed by atoms with Crippen LogP contribution < -0.4 is 10.1 Å². The van der Waals surface area contributed by atoms with Crippen molar-refractivity contribution in [1.82, 2.24) is 14.9 Å². The maximum Gasteiger partial charge on any atom is 0.122 e. The smallest absolute Gasteiger partial charge is 0.122 e. The van der Waals surface area contributed by atoms with E-state index in [4.69, 9.17) is 4.74 Å². The Morgan fingerprint density at radius 2 is 1.95 bits per heavy atom. The molecule has 2 rings (SSSR count). The Kier molecular flexibility index (Phi) is 5.81. The molecule has 0 saturated heterocycles. The van der Waals surface area contributed by atoms with Gasteiger partial charge in [-0.15, -0.1) is 0 Å². The monoisotopic (exact) mass is 287 g/mol. The molecular formula is C17H25N3O. The Hall–Kier alpha value is -1.81. The average Bonchev–Trinajstić information content (AvgIpc) is 2.86. The van der Waals surface area contributed by atoms with Crippen molar-refractivity contribution in [2.24, 2.45) is 13.0 Å². The third-order valence-electron chi connectivity index (χ3n) is 3.42. The van der Waals surface area contributed by atoms with E-state index in [2.05, 4.69) is 36.3 Å². The summed E-state index contributed by atoms with van der Waals surface area (Å²) in [5.74, 6) is 2.67. The van der Waals surface area contributed by atoms with Gasteiger partial charge in [-0.2, -0.15) is 0 Å². The van der Waals surface area contributed by atoms with Gasteiger partial charge in [0.05, 0.1) is 13.2 Å². The van der Waals surface area contributed by atoms with Crippen molar-refractivity contribution in [2.45, 2.75) is 33.4 Å². The second-order valence-corrected chi connectivity index (χ2v) is 5.73. The van der Waals surface area contributed by atoms with E-state index in [1.54, 1.807) is 0 Å². The first kappa shape index (κ1) is 15.6. The molecule has 21 heavy (non-hydrogen) atoms. The molecule has 0 atom stereocenters. The van der Waals surface area contributed by atoms with Crippen molar-refractivity contribution < 1.29 is 4.74 Å². The van der Waals surface area contributed by atoms with Gasteiger partial charge in [0.1, 0.15) is 11.6 Å². The van der Waals surface area contributed by atoms with E-state index >= 15 is 0 Å². The Morgan fingerprint density at radius 1 is 1.19 bits per heavy atom. The van der Waals surface area contributed by atoms with Crippen LogP contribution >= 0.6 is 0 Å². The Labute approximate surface area is 127 Å². The molecule has 4 heteroatoms. The summed E-state index contributed by atoms with van der Waals surface area (Å²) < 4.78 is 7.74. The first-order chi connectivity index (χ1) is 10.1. The van der Waals surface area contributed by atoms with E-state index in [0.717, 1.165) is 37.7 Å². The number of rotatable bonds is 8. The summed E-state index contributed by atoms with van der Waals surface area (Å²) in [6, 6.07) is 8.29. The molecule has 0 aliphatic rings. The largest absolute Gasteiger partial charge is 0.494 e. The fraction of sp³-hybridized carbons (Fsp3) is 0.471. The summed E-state index contributed by atoms with van der Waals surface area (Å²) in [5.41, 5.74) is 1.25. The van der Waals surface area contributed by atoms with Gasteiger partial charge in [0, 0.05) is 26.0 Å².